The van der Waals surface area contributed by atoms with Gasteiger partial charge >= 0.3 is 0 Å². The topological polar surface area (TPSA) is 24.4 Å². The maximum Gasteiger partial charge on any atom is 0.156 e. The molecule has 15 heavy (non-hydrogen) atoms. The number of amidine groups is 1. The van der Waals surface area contributed by atoms with Gasteiger partial charge in [0.1, 0.15) is 0 Å². The Morgan fingerprint density at radius 1 is 1.60 bits per heavy atom. The molecule has 86 valence electrons. The summed E-state index contributed by atoms with van der Waals surface area (Å²) in [6.45, 7) is 6.70. The Kier molecular flexibility index (Phi) is 3.88. The molecule has 0 aromatic rings. The first-order valence-corrected chi connectivity index (χ1v) is 7.67. The molecule has 0 bridgehead atoms. The minimum atomic E-state index is 0.452. The fourth-order valence-electron chi connectivity index (χ4n) is 1.97. The normalized spacial score (nSPS) is 35.6. The number of hydrogen-bond donors (Lipinski definition) is 1. The number of aliphatic imine (C=N–C) groups is 1. The van der Waals surface area contributed by atoms with Crippen LogP contribution in [0.4, 0.5) is 0 Å². The van der Waals surface area contributed by atoms with Gasteiger partial charge in [-0.3, -0.25) is 4.99 Å². The zero-order valence-corrected chi connectivity index (χ0v) is 11.2. The molecule has 1 N–H and O–H groups in total. The van der Waals surface area contributed by atoms with Crippen LogP contribution in [0.1, 0.15) is 33.1 Å². The molecule has 0 aromatic heterocycles. The predicted molar refractivity (Wildman–Crippen MR) is 72.1 cm³/mol. The van der Waals surface area contributed by atoms with Gasteiger partial charge in [0.05, 0.1) is 6.54 Å². The first-order chi connectivity index (χ1) is 7.22. The van der Waals surface area contributed by atoms with Gasteiger partial charge in [-0.1, -0.05) is 18.7 Å². The van der Waals surface area contributed by atoms with E-state index in [9.17, 15) is 0 Å². The van der Waals surface area contributed by atoms with Crippen molar-refractivity contribution in [3.8, 4) is 0 Å². The third-order valence-electron chi connectivity index (χ3n) is 3.09. The van der Waals surface area contributed by atoms with E-state index in [1.54, 1.807) is 0 Å². The van der Waals surface area contributed by atoms with Crippen molar-refractivity contribution in [2.45, 2.75) is 43.1 Å². The molecule has 2 rings (SSSR count). The van der Waals surface area contributed by atoms with E-state index in [4.69, 9.17) is 0 Å². The lowest BCUT2D eigenvalue weighted by atomic mass is 10.1. The van der Waals surface area contributed by atoms with Gasteiger partial charge in [0.25, 0.3) is 0 Å². The minimum Gasteiger partial charge on any atom is -0.364 e. The summed E-state index contributed by atoms with van der Waals surface area (Å²) < 4.78 is 0.452. The van der Waals surface area contributed by atoms with Crippen LogP contribution in [0, 0.1) is 0 Å². The van der Waals surface area contributed by atoms with E-state index in [1.807, 2.05) is 11.8 Å². The van der Waals surface area contributed by atoms with Crippen LogP contribution in [0.25, 0.3) is 0 Å². The lowest BCUT2D eigenvalue weighted by Gasteiger charge is -2.23. The molecule has 0 radical (unpaired) electrons. The Morgan fingerprint density at radius 2 is 2.47 bits per heavy atom. The van der Waals surface area contributed by atoms with Gasteiger partial charge in [0, 0.05) is 16.5 Å². The Balaban J connectivity index is 1.74. The molecular weight excluding hydrogens is 224 g/mol. The lowest BCUT2D eigenvalue weighted by molar-refractivity contribution is 0.593. The average Bonchev–Trinajstić information content (AvgIpc) is 2.84. The highest BCUT2D eigenvalue weighted by atomic mass is 32.2. The smallest absolute Gasteiger partial charge is 0.156 e. The number of hydrogen-bond acceptors (Lipinski definition) is 4. The Morgan fingerprint density at radius 3 is 3.07 bits per heavy atom. The van der Waals surface area contributed by atoms with Crippen LogP contribution in [0.3, 0.4) is 0 Å². The molecule has 0 spiro atoms. The summed E-state index contributed by atoms with van der Waals surface area (Å²) in [4.78, 5) is 4.54. The standard InChI is InChI=1S/C11H20N2S2/c1-3-9-7-12-10(15-9)13-8-11(2)5-4-6-14-11/h9H,3-8H2,1-2H3,(H,12,13). The fraction of sp³-hybridized carbons (Fsp3) is 0.909. The van der Waals surface area contributed by atoms with E-state index in [-0.39, 0.29) is 0 Å². The minimum absolute atomic E-state index is 0.452. The van der Waals surface area contributed by atoms with Crippen LogP contribution in [-0.4, -0.2) is 34.0 Å². The van der Waals surface area contributed by atoms with Gasteiger partial charge in [-0.15, -0.1) is 0 Å². The van der Waals surface area contributed by atoms with Crippen molar-refractivity contribution in [2.24, 2.45) is 4.99 Å². The van der Waals surface area contributed by atoms with E-state index < -0.39 is 0 Å². The first-order valence-electron chi connectivity index (χ1n) is 5.81. The second-order valence-electron chi connectivity index (χ2n) is 4.55. The monoisotopic (exact) mass is 244 g/mol. The van der Waals surface area contributed by atoms with Crippen LogP contribution in [0.15, 0.2) is 4.99 Å². The summed E-state index contributed by atoms with van der Waals surface area (Å²) >= 11 is 4.03. The van der Waals surface area contributed by atoms with E-state index in [0.29, 0.717) is 4.75 Å². The van der Waals surface area contributed by atoms with E-state index in [0.717, 1.165) is 18.3 Å². The lowest BCUT2D eigenvalue weighted by Crippen LogP contribution is -2.35. The van der Waals surface area contributed by atoms with Gasteiger partial charge in [0.2, 0.25) is 0 Å². The zero-order chi connectivity index (χ0) is 10.7. The summed E-state index contributed by atoms with van der Waals surface area (Å²) in [5.74, 6) is 1.33. The van der Waals surface area contributed by atoms with Gasteiger partial charge in [0.15, 0.2) is 5.17 Å². The third-order valence-corrected chi connectivity index (χ3v) is 5.94. The summed E-state index contributed by atoms with van der Waals surface area (Å²) in [6.07, 6.45) is 3.95. The molecular formula is C11H20N2S2. The highest BCUT2D eigenvalue weighted by Gasteiger charge is 2.30. The van der Waals surface area contributed by atoms with Crippen LogP contribution < -0.4 is 5.32 Å². The van der Waals surface area contributed by atoms with Crippen molar-refractivity contribution in [1.29, 1.82) is 0 Å². The summed E-state index contributed by atoms with van der Waals surface area (Å²) in [6, 6.07) is 0. The number of rotatable bonds is 3. The molecule has 0 amide bonds. The molecule has 2 aliphatic rings. The van der Waals surface area contributed by atoms with Crippen LogP contribution in [0.5, 0.6) is 0 Å². The predicted octanol–water partition coefficient (Wildman–Crippen LogP) is 2.74. The maximum atomic E-state index is 4.54. The number of nitrogens with zero attached hydrogens (tertiary/aromatic N) is 1. The highest BCUT2D eigenvalue weighted by molar-refractivity contribution is 8.14. The van der Waals surface area contributed by atoms with Gasteiger partial charge in [-0.05, 0) is 31.9 Å². The van der Waals surface area contributed by atoms with Crippen LogP contribution >= 0.6 is 23.5 Å². The van der Waals surface area contributed by atoms with Gasteiger partial charge in [-0.2, -0.15) is 11.8 Å². The number of nitrogens with one attached hydrogen (secondary N) is 1. The quantitative estimate of drug-likeness (QED) is 0.826. The first kappa shape index (κ1) is 11.6. The molecule has 2 unspecified atom stereocenters. The Hall–Kier alpha value is 0.170. The molecule has 0 saturated carbocycles. The van der Waals surface area contributed by atoms with Gasteiger partial charge < -0.3 is 5.32 Å². The van der Waals surface area contributed by atoms with Gasteiger partial charge in [-0.25, -0.2) is 0 Å². The van der Waals surface area contributed by atoms with Crippen molar-refractivity contribution in [2.75, 3.05) is 18.8 Å². The van der Waals surface area contributed by atoms with Crippen molar-refractivity contribution >= 4 is 28.7 Å². The Bertz CT molecular complexity index is 247. The molecule has 0 aliphatic carbocycles. The average molecular weight is 244 g/mol. The second-order valence-corrected chi connectivity index (χ2v) is 7.52. The van der Waals surface area contributed by atoms with Crippen molar-refractivity contribution in [3.05, 3.63) is 0 Å². The highest BCUT2D eigenvalue weighted by Crippen LogP contribution is 2.37. The zero-order valence-electron chi connectivity index (χ0n) is 9.58. The molecule has 0 aromatic carbocycles. The summed E-state index contributed by atoms with van der Waals surface area (Å²) in [7, 11) is 0. The second kappa shape index (κ2) is 5.00. The number of thioether (sulfide) groups is 2. The largest absolute Gasteiger partial charge is 0.364 e. The van der Waals surface area contributed by atoms with E-state index >= 15 is 0 Å². The van der Waals surface area contributed by atoms with Crippen molar-refractivity contribution in [1.82, 2.24) is 5.32 Å². The van der Waals surface area contributed by atoms with Crippen molar-refractivity contribution < 1.29 is 0 Å². The van der Waals surface area contributed by atoms with E-state index in [1.165, 1.54) is 30.2 Å². The fourth-order valence-corrected chi connectivity index (χ4v) is 4.15. The summed E-state index contributed by atoms with van der Waals surface area (Å²) in [5.41, 5.74) is 0. The Labute approximate surface area is 101 Å². The molecule has 1 saturated heterocycles. The molecule has 4 heteroatoms. The molecule has 2 nitrogen and oxygen atoms in total. The maximum absolute atomic E-state index is 4.54. The summed E-state index contributed by atoms with van der Waals surface area (Å²) in [5, 5.41) is 5.42. The molecule has 2 aliphatic heterocycles. The van der Waals surface area contributed by atoms with E-state index in [2.05, 4.69) is 35.9 Å². The molecule has 2 atom stereocenters. The third kappa shape index (κ3) is 3.06. The van der Waals surface area contributed by atoms with Crippen LogP contribution in [0.2, 0.25) is 0 Å². The molecule has 1 fully saturated rings. The molecule has 2 heterocycles. The SMILES string of the molecule is CCC1CN=C(NCC2(C)CCCS2)S1. The van der Waals surface area contributed by atoms with Crippen LogP contribution in [-0.2, 0) is 0 Å². The van der Waals surface area contributed by atoms with Crippen molar-refractivity contribution in [3.63, 3.8) is 0 Å².